The predicted octanol–water partition coefficient (Wildman–Crippen LogP) is 2.31. The van der Waals surface area contributed by atoms with Crippen LogP contribution in [0.5, 0.6) is 17.2 Å². The lowest BCUT2D eigenvalue weighted by Crippen LogP contribution is -2.00. The molecule has 0 fully saturated rings. The first-order valence-electron chi connectivity index (χ1n) is 5.19. The minimum absolute atomic E-state index is 0.464. The Kier molecular flexibility index (Phi) is 4.64. The van der Waals surface area contributed by atoms with E-state index in [9.17, 15) is 4.79 Å². The van der Waals surface area contributed by atoms with Crippen LogP contribution in [0.2, 0.25) is 0 Å². The Morgan fingerprint density at radius 1 is 1.06 bits per heavy atom. The molecule has 0 bridgehead atoms. The molecule has 0 aromatic heterocycles. The average Bonchev–Trinajstić information content (AvgIpc) is 2.31. The topological polar surface area (TPSA) is 44.8 Å². The first-order chi connectivity index (χ1) is 7.76. The Morgan fingerprint density at radius 3 is 2.19 bits per heavy atom. The van der Waals surface area contributed by atoms with Crippen LogP contribution in [-0.4, -0.2) is 26.6 Å². The summed E-state index contributed by atoms with van der Waals surface area (Å²) < 4.78 is 15.9. The zero-order chi connectivity index (χ0) is 12.0. The number of ether oxygens (including phenoxy) is 3. The lowest BCUT2D eigenvalue weighted by molar-refractivity contribution is 0.111. The van der Waals surface area contributed by atoms with Crippen LogP contribution in [0.3, 0.4) is 0 Å². The molecule has 0 aliphatic heterocycles. The summed E-state index contributed by atoms with van der Waals surface area (Å²) in [5, 5.41) is 0. The van der Waals surface area contributed by atoms with Crippen LogP contribution in [-0.2, 0) is 0 Å². The maximum Gasteiger partial charge on any atom is 0.164 e. The molecule has 1 aromatic carbocycles. The first kappa shape index (κ1) is 12.4. The van der Waals surface area contributed by atoms with Crippen LogP contribution in [0.1, 0.15) is 24.2 Å². The van der Waals surface area contributed by atoms with E-state index in [1.54, 1.807) is 19.2 Å². The maximum atomic E-state index is 10.9. The monoisotopic (exact) mass is 224 g/mol. The molecular formula is C12H16O4. The third-order valence-electron chi connectivity index (χ3n) is 2.02. The molecule has 0 saturated heterocycles. The zero-order valence-electron chi connectivity index (χ0n) is 9.78. The number of benzene rings is 1. The van der Waals surface area contributed by atoms with E-state index in [4.69, 9.17) is 14.2 Å². The summed E-state index contributed by atoms with van der Waals surface area (Å²) in [6.07, 6.45) is 0.743. The number of aldehydes is 1. The molecule has 0 saturated carbocycles. The molecule has 0 radical (unpaired) electrons. The number of rotatable bonds is 6. The minimum Gasteiger partial charge on any atom is -0.493 e. The third kappa shape index (κ3) is 2.66. The van der Waals surface area contributed by atoms with Gasteiger partial charge in [0.25, 0.3) is 0 Å². The fraction of sp³-hybridized carbons (Fsp3) is 0.417. The number of methoxy groups -OCH3 is 1. The number of hydrogen-bond donors (Lipinski definition) is 0. The highest BCUT2D eigenvalue weighted by molar-refractivity contribution is 5.81. The quantitative estimate of drug-likeness (QED) is 0.695. The molecule has 0 amide bonds. The normalized spacial score (nSPS) is 9.69. The van der Waals surface area contributed by atoms with Crippen molar-refractivity contribution in [2.75, 3.05) is 20.3 Å². The van der Waals surface area contributed by atoms with Gasteiger partial charge in [-0.3, -0.25) is 4.79 Å². The van der Waals surface area contributed by atoms with Crippen LogP contribution in [0.4, 0.5) is 0 Å². The maximum absolute atomic E-state index is 10.9. The molecule has 16 heavy (non-hydrogen) atoms. The van der Waals surface area contributed by atoms with Gasteiger partial charge >= 0.3 is 0 Å². The molecule has 4 nitrogen and oxygen atoms in total. The summed E-state index contributed by atoms with van der Waals surface area (Å²) in [6, 6.07) is 3.29. The van der Waals surface area contributed by atoms with Gasteiger partial charge in [-0.2, -0.15) is 0 Å². The van der Waals surface area contributed by atoms with Crippen molar-refractivity contribution in [1.29, 1.82) is 0 Å². The number of hydrogen-bond acceptors (Lipinski definition) is 4. The Bertz CT molecular complexity index is 360. The minimum atomic E-state index is 0.464. The van der Waals surface area contributed by atoms with Crippen LogP contribution < -0.4 is 14.2 Å². The molecule has 0 N–H and O–H groups in total. The molecule has 4 heteroatoms. The lowest BCUT2D eigenvalue weighted by Gasteiger charge is -2.13. The first-order valence-corrected chi connectivity index (χ1v) is 5.19. The average molecular weight is 224 g/mol. The fourth-order valence-electron chi connectivity index (χ4n) is 1.36. The van der Waals surface area contributed by atoms with E-state index in [-0.39, 0.29) is 0 Å². The summed E-state index contributed by atoms with van der Waals surface area (Å²) >= 11 is 0. The van der Waals surface area contributed by atoms with Gasteiger partial charge in [0.05, 0.1) is 25.9 Å². The van der Waals surface area contributed by atoms with Gasteiger partial charge in [0.15, 0.2) is 17.8 Å². The van der Waals surface area contributed by atoms with Gasteiger partial charge in [-0.25, -0.2) is 0 Å². The Labute approximate surface area is 95.1 Å². The molecule has 1 rings (SSSR count). The van der Waals surface area contributed by atoms with E-state index in [2.05, 4.69) is 0 Å². The highest BCUT2D eigenvalue weighted by Crippen LogP contribution is 2.34. The summed E-state index contributed by atoms with van der Waals surface area (Å²) in [7, 11) is 1.55. The molecule has 0 unspecified atom stereocenters. The van der Waals surface area contributed by atoms with Crippen molar-refractivity contribution in [1.82, 2.24) is 0 Å². The SMILES string of the molecule is CCOc1cc(OC)c(OCC)cc1C=O. The van der Waals surface area contributed by atoms with Gasteiger partial charge in [-0.15, -0.1) is 0 Å². The second-order valence-electron chi connectivity index (χ2n) is 3.02. The van der Waals surface area contributed by atoms with Crippen LogP contribution in [0.25, 0.3) is 0 Å². The van der Waals surface area contributed by atoms with E-state index >= 15 is 0 Å². The van der Waals surface area contributed by atoms with Gasteiger partial charge in [0.1, 0.15) is 5.75 Å². The van der Waals surface area contributed by atoms with E-state index in [0.717, 1.165) is 6.29 Å². The Hall–Kier alpha value is -1.71. The van der Waals surface area contributed by atoms with E-state index in [1.165, 1.54) is 0 Å². The summed E-state index contributed by atoms with van der Waals surface area (Å²) in [5.74, 6) is 1.63. The summed E-state index contributed by atoms with van der Waals surface area (Å²) in [4.78, 5) is 10.9. The fourth-order valence-corrected chi connectivity index (χ4v) is 1.36. The van der Waals surface area contributed by atoms with Gasteiger partial charge in [0.2, 0.25) is 0 Å². The van der Waals surface area contributed by atoms with Crippen molar-refractivity contribution < 1.29 is 19.0 Å². The number of carbonyl (C=O) groups excluding carboxylic acids is 1. The predicted molar refractivity (Wildman–Crippen MR) is 60.7 cm³/mol. The van der Waals surface area contributed by atoms with Crippen LogP contribution in [0.15, 0.2) is 12.1 Å². The second kappa shape index (κ2) is 6.00. The molecule has 0 aliphatic rings. The van der Waals surface area contributed by atoms with Gasteiger partial charge in [0, 0.05) is 6.07 Å². The smallest absolute Gasteiger partial charge is 0.164 e. The number of carbonyl (C=O) groups is 1. The molecule has 0 atom stereocenters. The van der Waals surface area contributed by atoms with Crippen molar-refractivity contribution in [3.8, 4) is 17.2 Å². The molecule has 0 aliphatic carbocycles. The Balaban J connectivity index is 3.16. The van der Waals surface area contributed by atoms with Crippen molar-refractivity contribution in [2.24, 2.45) is 0 Å². The standard InChI is InChI=1S/C12H16O4/c1-4-15-10-7-11(14-3)12(16-5-2)6-9(10)8-13/h6-8H,4-5H2,1-3H3. The van der Waals surface area contributed by atoms with Gasteiger partial charge in [-0.05, 0) is 19.9 Å². The van der Waals surface area contributed by atoms with Crippen molar-refractivity contribution in [2.45, 2.75) is 13.8 Å². The molecular weight excluding hydrogens is 208 g/mol. The lowest BCUT2D eigenvalue weighted by atomic mass is 10.2. The van der Waals surface area contributed by atoms with Gasteiger partial charge in [-0.1, -0.05) is 0 Å². The largest absolute Gasteiger partial charge is 0.493 e. The van der Waals surface area contributed by atoms with E-state index in [1.807, 2.05) is 13.8 Å². The molecule has 0 spiro atoms. The molecule has 0 heterocycles. The van der Waals surface area contributed by atoms with Crippen molar-refractivity contribution in [3.05, 3.63) is 17.7 Å². The Morgan fingerprint density at radius 2 is 1.69 bits per heavy atom. The van der Waals surface area contributed by atoms with Gasteiger partial charge < -0.3 is 14.2 Å². The van der Waals surface area contributed by atoms with E-state index in [0.29, 0.717) is 36.0 Å². The summed E-state index contributed by atoms with van der Waals surface area (Å²) in [5.41, 5.74) is 0.464. The summed E-state index contributed by atoms with van der Waals surface area (Å²) in [6.45, 7) is 4.74. The van der Waals surface area contributed by atoms with Crippen molar-refractivity contribution >= 4 is 6.29 Å². The van der Waals surface area contributed by atoms with Crippen LogP contribution in [0, 0.1) is 0 Å². The van der Waals surface area contributed by atoms with Crippen molar-refractivity contribution in [3.63, 3.8) is 0 Å². The highest BCUT2D eigenvalue weighted by Gasteiger charge is 2.11. The molecule has 1 aromatic rings. The third-order valence-corrected chi connectivity index (χ3v) is 2.02. The molecule has 88 valence electrons. The van der Waals surface area contributed by atoms with Crippen LogP contribution >= 0.6 is 0 Å². The zero-order valence-corrected chi connectivity index (χ0v) is 9.78. The van der Waals surface area contributed by atoms with E-state index < -0.39 is 0 Å². The second-order valence-corrected chi connectivity index (χ2v) is 3.02. The highest BCUT2D eigenvalue weighted by atomic mass is 16.5.